The van der Waals surface area contributed by atoms with E-state index in [9.17, 15) is 4.79 Å². The van der Waals surface area contributed by atoms with Crippen LogP contribution in [0.5, 0.6) is 0 Å². The molecule has 0 radical (unpaired) electrons. The maximum absolute atomic E-state index is 11.8. The van der Waals surface area contributed by atoms with Crippen molar-refractivity contribution in [3.8, 4) is 0 Å². The van der Waals surface area contributed by atoms with Crippen LogP contribution in [0.1, 0.15) is 18.9 Å². The fourth-order valence-corrected chi connectivity index (χ4v) is 4.78. The van der Waals surface area contributed by atoms with Crippen molar-refractivity contribution >= 4 is 47.2 Å². The first-order chi connectivity index (χ1) is 9.07. The molecule has 0 atom stereocenters. The molecule has 0 unspecified atom stereocenters. The number of hydrogen-bond acceptors (Lipinski definition) is 4. The molecule has 1 saturated heterocycles. The van der Waals surface area contributed by atoms with Crippen LogP contribution in [0.25, 0.3) is 0 Å². The van der Waals surface area contributed by atoms with Crippen LogP contribution in [0.4, 0.5) is 0 Å². The highest BCUT2D eigenvalue weighted by molar-refractivity contribution is 8.21. The maximum Gasteiger partial charge on any atom is 0.242 e. The third kappa shape index (κ3) is 4.75. The molecule has 3 nitrogen and oxygen atoms in total. The number of carbonyl (C=O) groups is 1. The number of hydrogen-bond donors (Lipinski definition) is 1. The fraction of sp³-hybridized carbons (Fsp3) is 0.385. The highest BCUT2D eigenvalue weighted by Crippen LogP contribution is 2.45. The molecular weight excluding hydrogens is 300 g/mol. The Bertz CT molecular complexity index is 487. The summed E-state index contributed by atoms with van der Waals surface area (Å²) in [7, 11) is 0. The summed E-state index contributed by atoms with van der Waals surface area (Å²) in [5.74, 6) is 2.17. The minimum Gasteiger partial charge on any atom is -0.273 e. The predicted octanol–water partition coefficient (Wildman–Crippen LogP) is 3.38. The van der Waals surface area contributed by atoms with Gasteiger partial charge in [-0.3, -0.25) is 4.79 Å². The van der Waals surface area contributed by atoms with Crippen LogP contribution in [-0.4, -0.2) is 27.7 Å². The van der Waals surface area contributed by atoms with E-state index in [1.54, 1.807) is 18.3 Å². The molecule has 1 aliphatic heterocycles. The number of amides is 1. The molecule has 1 aliphatic rings. The summed E-state index contributed by atoms with van der Waals surface area (Å²) in [6.45, 7) is 2.11. The Morgan fingerprint density at radius 1 is 1.53 bits per heavy atom. The average Bonchev–Trinajstić information content (AvgIpc) is 2.75. The first-order valence-electron chi connectivity index (χ1n) is 5.93. The van der Waals surface area contributed by atoms with Gasteiger partial charge in [-0.1, -0.05) is 23.7 Å². The van der Waals surface area contributed by atoms with Gasteiger partial charge in [0.05, 0.1) is 16.7 Å². The first kappa shape index (κ1) is 14.8. The molecule has 1 aromatic carbocycles. The monoisotopic (exact) mass is 314 g/mol. The Hall–Kier alpha value is -0.650. The van der Waals surface area contributed by atoms with Gasteiger partial charge in [0.25, 0.3) is 0 Å². The first-order valence-corrected chi connectivity index (χ1v) is 8.28. The third-order valence-corrected chi connectivity index (χ3v) is 6.16. The van der Waals surface area contributed by atoms with Gasteiger partial charge in [-0.05, 0) is 24.6 Å². The Morgan fingerprint density at radius 2 is 2.26 bits per heavy atom. The van der Waals surface area contributed by atoms with Gasteiger partial charge in [0, 0.05) is 16.5 Å². The smallest absolute Gasteiger partial charge is 0.242 e. The van der Waals surface area contributed by atoms with Crippen molar-refractivity contribution in [2.45, 2.75) is 17.4 Å². The summed E-state index contributed by atoms with van der Waals surface area (Å²) < 4.78 is -0.00431. The molecule has 102 valence electrons. The molecule has 19 heavy (non-hydrogen) atoms. The molecule has 1 aromatic rings. The van der Waals surface area contributed by atoms with Crippen molar-refractivity contribution < 1.29 is 4.79 Å². The van der Waals surface area contributed by atoms with Gasteiger partial charge in [-0.2, -0.15) is 5.10 Å². The highest BCUT2D eigenvalue weighted by atomic mass is 35.5. The number of benzene rings is 1. The van der Waals surface area contributed by atoms with E-state index in [4.69, 9.17) is 11.6 Å². The fourth-order valence-electron chi connectivity index (χ4n) is 1.76. The summed E-state index contributed by atoms with van der Waals surface area (Å²) in [6.07, 6.45) is 2.08. The number of nitrogens with zero attached hydrogens (tertiary/aromatic N) is 1. The summed E-state index contributed by atoms with van der Waals surface area (Å²) in [6, 6.07) is 7.32. The quantitative estimate of drug-likeness (QED) is 0.684. The molecule has 1 amide bonds. The summed E-state index contributed by atoms with van der Waals surface area (Å²) in [4.78, 5) is 11.8. The zero-order valence-electron chi connectivity index (χ0n) is 10.6. The van der Waals surface area contributed by atoms with Gasteiger partial charge in [-0.15, -0.1) is 23.5 Å². The summed E-state index contributed by atoms with van der Waals surface area (Å²) >= 11 is 9.54. The van der Waals surface area contributed by atoms with Crippen LogP contribution in [0, 0.1) is 0 Å². The van der Waals surface area contributed by atoms with Crippen molar-refractivity contribution in [3.63, 3.8) is 0 Å². The maximum atomic E-state index is 11.8. The van der Waals surface area contributed by atoms with Crippen LogP contribution in [0.3, 0.4) is 0 Å². The molecule has 2 rings (SSSR count). The SMILES string of the molecule is CC1(CC(=O)N/N=C\c2cccc(Cl)c2)SCCS1. The van der Waals surface area contributed by atoms with Crippen molar-refractivity contribution in [1.29, 1.82) is 0 Å². The number of thioether (sulfide) groups is 2. The Kier molecular flexibility index (Phi) is 5.19. The molecule has 0 spiro atoms. The summed E-state index contributed by atoms with van der Waals surface area (Å²) in [5.41, 5.74) is 3.43. The number of carbonyl (C=O) groups excluding carboxylic acids is 1. The van der Waals surface area contributed by atoms with Gasteiger partial charge in [0.15, 0.2) is 0 Å². The molecule has 1 fully saturated rings. The Labute approximate surface area is 126 Å². The molecule has 0 aromatic heterocycles. The number of nitrogens with one attached hydrogen (secondary N) is 1. The van der Waals surface area contributed by atoms with Gasteiger partial charge in [0.1, 0.15) is 0 Å². The van der Waals surface area contributed by atoms with Crippen LogP contribution in [0.15, 0.2) is 29.4 Å². The van der Waals surface area contributed by atoms with Gasteiger partial charge in [-0.25, -0.2) is 5.43 Å². The largest absolute Gasteiger partial charge is 0.273 e. The normalized spacial score (nSPS) is 17.8. The molecule has 0 bridgehead atoms. The van der Waals surface area contributed by atoms with Crippen LogP contribution in [0.2, 0.25) is 5.02 Å². The second-order valence-electron chi connectivity index (χ2n) is 4.36. The third-order valence-electron chi connectivity index (χ3n) is 2.63. The lowest BCUT2D eigenvalue weighted by Gasteiger charge is -2.19. The zero-order valence-corrected chi connectivity index (χ0v) is 12.9. The van der Waals surface area contributed by atoms with E-state index in [0.717, 1.165) is 17.1 Å². The molecule has 0 saturated carbocycles. The van der Waals surface area contributed by atoms with E-state index in [2.05, 4.69) is 17.5 Å². The lowest BCUT2D eigenvalue weighted by molar-refractivity contribution is -0.121. The zero-order chi connectivity index (χ0) is 13.7. The number of rotatable bonds is 4. The van der Waals surface area contributed by atoms with E-state index >= 15 is 0 Å². The minimum absolute atomic E-state index is 0.00431. The Morgan fingerprint density at radius 3 is 2.95 bits per heavy atom. The van der Waals surface area contributed by atoms with E-state index in [0.29, 0.717) is 11.4 Å². The molecule has 1 N–H and O–H groups in total. The van der Waals surface area contributed by atoms with Crippen molar-refractivity contribution in [2.24, 2.45) is 5.10 Å². The van der Waals surface area contributed by atoms with Crippen molar-refractivity contribution in [1.82, 2.24) is 5.43 Å². The lowest BCUT2D eigenvalue weighted by atomic mass is 10.2. The van der Waals surface area contributed by atoms with Crippen molar-refractivity contribution in [2.75, 3.05) is 11.5 Å². The Balaban J connectivity index is 1.83. The summed E-state index contributed by atoms with van der Waals surface area (Å²) in [5, 5.41) is 4.61. The van der Waals surface area contributed by atoms with E-state index in [1.165, 1.54) is 0 Å². The standard InChI is InChI=1S/C13H15ClN2OS2/c1-13(18-5-6-19-13)8-12(17)16-15-9-10-3-2-4-11(14)7-10/h2-4,7,9H,5-6,8H2,1H3,(H,16,17)/b15-9-. The number of hydrazone groups is 1. The van der Waals surface area contributed by atoms with Crippen LogP contribution >= 0.6 is 35.1 Å². The predicted molar refractivity (Wildman–Crippen MR) is 85.1 cm³/mol. The topological polar surface area (TPSA) is 41.5 Å². The van der Waals surface area contributed by atoms with Gasteiger partial charge in [0.2, 0.25) is 5.91 Å². The number of halogens is 1. The second kappa shape index (κ2) is 6.68. The van der Waals surface area contributed by atoms with E-state index in [1.807, 2.05) is 35.7 Å². The van der Waals surface area contributed by atoms with Crippen molar-refractivity contribution in [3.05, 3.63) is 34.9 Å². The van der Waals surface area contributed by atoms with E-state index < -0.39 is 0 Å². The minimum atomic E-state index is -0.0531. The average molecular weight is 315 g/mol. The van der Waals surface area contributed by atoms with Crippen LogP contribution < -0.4 is 5.43 Å². The second-order valence-corrected chi connectivity index (χ2v) is 8.25. The van der Waals surface area contributed by atoms with Gasteiger partial charge >= 0.3 is 0 Å². The highest BCUT2D eigenvalue weighted by Gasteiger charge is 2.32. The van der Waals surface area contributed by atoms with Crippen LogP contribution in [-0.2, 0) is 4.79 Å². The van der Waals surface area contributed by atoms with E-state index in [-0.39, 0.29) is 9.99 Å². The van der Waals surface area contributed by atoms with Gasteiger partial charge < -0.3 is 0 Å². The molecule has 1 heterocycles. The molecular formula is C13H15ClN2OS2. The molecule has 0 aliphatic carbocycles. The lowest BCUT2D eigenvalue weighted by Crippen LogP contribution is -2.26. The molecule has 6 heteroatoms.